The molecule has 0 saturated carbocycles. The number of amides is 15. The van der Waals surface area contributed by atoms with Crippen LogP contribution in [0.15, 0.2) is 36.8 Å². The van der Waals surface area contributed by atoms with Gasteiger partial charge >= 0.3 is 11.9 Å². The van der Waals surface area contributed by atoms with Gasteiger partial charge in [0.15, 0.2) is 5.96 Å². The minimum Gasteiger partial charge on any atom is -0.508 e. The summed E-state index contributed by atoms with van der Waals surface area (Å²) in [5, 5.41) is 79.8. The fourth-order valence-electron chi connectivity index (χ4n) is 10.4. The van der Waals surface area contributed by atoms with E-state index in [9.17, 15) is 96.8 Å². The average molecular weight is 1630 g/mol. The second-order valence-electron chi connectivity index (χ2n) is 24.9. The lowest BCUT2D eigenvalue weighted by atomic mass is 10.0. The standard InChI is InChI=1S/C63H98N22O21S4/c1-30(74-60(103)45-8-5-17-85(45)61(104)39(20-46(66)88)79-58(101)44(28-110)84-59(102)43(27-109)82-51(94)34(65)13-14-49(91)92)50(93)81-41(25-107)52(95)71-22-47(89)75-35(7-4-16-70-63(67)68)54(97)78-38(19-32-21-69-29-73-32)56(99)77-37(18-31-9-11-33(87)12-10-31)55(98)80-40(24-86)57(100)83-42(26-108)53(96)72-23-48(90)76-36(62(105)106)6-2-3-15-64/h9-12,21,29-30,34-45,86-87,107-110H,2-8,13-20,22-28,64-65H2,1H3,(H2,66,88)(H,69,73)(H,71,95)(H,72,96)(H,74,103)(H,75,89)(H,76,90)(H,77,99)(H,78,97)(H,79,101)(H,80,98)(H,81,93)(H,82,94)(H,83,100)(H,84,102)(H,91,92)(H,105,106)(H4,67,68,70)/t30-,34-,35-,36-,37-,38-,39-,40-,41-,42-,43-,44-,45-/m0/s1. The molecule has 43 nitrogen and oxygen atoms in total. The van der Waals surface area contributed by atoms with Crippen molar-refractivity contribution in [2.75, 3.05) is 62.3 Å². The van der Waals surface area contributed by atoms with E-state index >= 15 is 0 Å². The predicted octanol–water partition coefficient (Wildman–Crippen LogP) is -10.3. The number of nitrogens with one attached hydrogen (secondary N) is 16. The Labute approximate surface area is 652 Å². The summed E-state index contributed by atoms with van der Waals surface area (Å²) < 4.78 is 0. The van der Waals surface area contributed by atoms with Crippen LogP contribution in [0.2, 0.25) is 0 Å². The first-order valence-corrected chi connectivity index (χ1v) is 36.9. The third kappa shape index (κ3) is 33.3. The van der Waals surface area contributed by atoms with E-state index < -0.39 is 229 Å². The fraction of sp³-hybridized carbons (Fsp3) is 0.571. The van der Waals surface area contributed by atoms with Crippen molar-refractivity contribution in [2.24, 2.45) is 22.9 Å². The Morgan fingerprint density at radius 1 is 0.573 bits per heavy atom. The number of carboxylic acid groups (broad SMARTS) is 2. The van der Waals surface area contributed by atoms with Crippen molar-refractivity contribution in [1.29, 1.82) is 5.41 Å². The number of aromatic amines is 1. The van der Waals surface area contributed by atoms with Crippen molar-refractivity contribution in [3.63, 3.8) is 0 Å². The van der Waals surface area contributed by atoms with Crippen LogP contribution in [-0.2, 0) is 94.3 Å². The van der Waals surface area contributed by atoms with Crippen LogP contribution in [0.4, 0.5) is 0 Å². The highest BCUT2D eigenvalue weighted by atomic mass is 32.1. The molecule has 1 aliphatic heterocycles. The number of carbonyl (C=O) groups is 17. The normalized spacial score (nSPS) is 15.6. The third-order valence-corrected chi connectivity index (χ3v) is 17.8. The van der Waals surface area contributed by atoms with Gasteiger partial charge in [-0.1, -0.05) is 12.1 Å². The molecule has 15 amide bonds. The van der Waals surface area contributed by atoms with Gasteiger partial charge in [-0.15, -0.1) is 0 Å². The number of benzene rings is 1. The van der Waals surface area contributed by atoms with Crippen LogP contribution in [0.1, 0.15) is 82.4 Å². The molecule has 1 aromatic carbocycles. The molecule has 0 spiro atoms. The third-order valence-electron chi connectivity index (χ3n) is 16.4. The molecule has 2 aromatic rings. The average Bonchev–Trinajstić information content (AvgIpc) is 1.67. The molecule has 47 heteroatoms. The maximum atomic E-state index is 14.6. The van der Waals surface area contributed by atoms with Crippen molar-refractivity contribution in [1.82, 2.24) is 89.3 Å². The lowest BCUT2D eigenvalue weighted by molar-refractivity contribution is -0.143. The van der Waals surface area contributed by atoms with Gasteiger partial charge in [-0.05, 0) is 82.5 Å². The number of aliphatic carboxylic acids is 2. The number of rotatable bonds is 50. The number of hydrogen-bond donors (Lipinski definition) is 28. The molecule has 28 N–H and O–H groups in total. The molecule has 610 valence electrons. The Kier molecular flexibility index (Phi) is 41.9. The van der Waals surface area contributed by atoms with E-state index in [1.807, 2.05) is 0 Å². The maximum Gasteiger partial charge on any atom is 0.326 e. The lowest BCUT2D eigenvalue weighted by Gasteiger charge is -2.30. The number of phenols is 1. The number of aromatic nitrogens is 2. The molecule has 0 unspecified atom stereocenters. The smallest absolute Gasteiger partial charge is 0.326 e. The van der Waals surface area contributed by atoms with E-state index in [-0.39, 0.29) is 87.4 Å². The van der Waals surface area contributed by atoms with Gasteiger partial charge < -0.3 is 128 Å². The molecule has 0 aliphatic carbocycles. The summed E-state index contributed by atoms with van der Waals surface area (Å²) in [6.07, 6.45) is 1.39. The number of aromatic hydroxyl groups is 1. The summed E-state index contributed by atoms with van der Waals surface area (Å²) in [6, 6.07) is -14.2. The number of primary amides is 1. The summed E-state index contributed by atoms with van der Waals surface area (Å²) in [6.45, 7) is -1.24. The first-order valence-electron chi connectivity index (χ1n) is 34.3. The molecule has 0 bridgehead atoms. The quantitative estimate of drug-likeness (QED) is 0.0127. The number of hydrogen-bond acceptors (Lipinski definition) is 27. The highest BCUT2D eigenvalue weighted by Crippen LogP contribution is 2.20. The van der Waals surface area contributed by atoms with Crippen LogP contribution in [0, 0.1) is 5.41 Å². The molecule has 2 heterocycles. The second-order valence-corrected chi connectivity index (χ2v) is 26.4. The van der Waals surface area contributed by atoms with Crippen molar-refractivity contribution in [3.8, 4) is 5.75 Å². The fourth-order valence-corrected chi connectivity index (χ4v) is 11.4. The summed E-state index contributed by atoms with van der Waals surface area (Å²) in [7, 11) is 0. The zero-order valence-corrected chi connectivity index (χ0v) is 63.3. The Morgan fingerprint density at radius 3 is 1.55 bits per heavy atom. The topological polar surface area (TPSA) is 699 Å². The number of likely N-dealkylation sites (tertiary alicyclic amines) is 1. The first-order chi connectivity index (χ1) is 52.1. The zero-order valence-electron chi connectivity index (χ0n) is 59.7. The number of aliphatic hydroxyl groups excluding tert-OH is 1. The van der Waals surface area contributed by atoms with Crippen LogP contribution < -0.4 is 97.4 Å². The lowest BCUT2D eigenvalue weighted by Crippen LogP contribution is -2.61. The van der Waals surface area contributed by atoms with Crippen LogP contribution in [-0.4, -0.2) is 283 Å². The van der Waals surface area contributed by atoms with Gasteiger partial charge in [0.2, 0.25) is 88.6 Å². The van der Waals surface area contributed by atoms with Crippen LogP contribution >= 0.6 is 50.5 Å². The number of unbranched alkanes of at least 4 members (excludes halogenated alkanes) is 1. The van der Waals surface area contributed by atoms with E-state index in [4.69, 9.17) is 33.5 Å². The van der Waals surface area contributed by atoms with E-state index in [0.717, 1.165) is 4.90 Å². The molecule has 0 radical (unpaired) electrons. The molecule has 13 atom stereocenters. The minimum absolute atomic E-state index is 0.0149. The largest absolute Gasteiger partial charge is 0.508 e. The van der Waals surface area contributed by atoms with Gasteiger partial charge in [0, 0.05) is 61.6 Å². The maximum absolute atomic E-state index is 14.6. The number of nitrogens with zero attached hydrogens (tertiary/aromatic N) is 2. The summed E-state index contributed by atoms with van der Waals surface area (Å²) in [4.78, 5) is 233. The van der Waals surface area contributed by atoms with Crippen LogP contribution in [0.3, 0.4) is 0 Å². The molecular formula is C63H98N22O21S4. The van der Waals surface area contributed by atoms with Crippen molar-refractivity contribution < 1.29 is 102 Å². The second kappa shape index (κ2) is 49.0. The molecule has 1 aliphatic rings. The summed E-state index contributed by atoms with van der Waals surface area (Å²) in [5.74, 6) is -19.6. The first kappa shape index (κ1) is 94.0. The number of guanidine groups is 1. The molecule has 1 aromatic heterocycles. The highest BCUT2D eigenvalue weighted by Gasteiger charge is 2.41. The number of imidazole rings is 1. The van der Waals surface area contributed by atoms with Crippen molar-refractivity contribution in [3.05, 3.63) is 48.0 Å². The SMILES string of the molecule is C[C@H](NC(=O)[C@@H]1CCCN1C(=O)[C@H](CC(N)=O)NC(=O)[C@H](CS)NC(=O)[C@H](CS)NC(=O)[C@@H](N)CCC(=O)O)C(=O)N[C@@H](CS)C(=O)NCC(=O)N[C@@H](CCCNC(=N)N)C(=O)N[C@@H](Cc1c[nH]cn1)C(=O)N[C@@H](Cc1ccc(O)cc1)C(=O)N[C@@H](CO)C(=O)N[C@@H](CS)C(=O)NCC(=O)N[C@@H](CCCCN)C(=O)O. The minimum atomic E-state index is -1.83. The number of phenolic OH excluding ortho intramolecular Hbond substituents is 1. The van der Waals surface area contributed by atoms with E-state index in [2.05, 4.69) is 135 Å². The number of H-pyrrole nitrogens is 1. The molecule has 1 fully saturated rings. The number of aliphatic hydroxyl groups is 1. The van der Waals surface area contributed by atoms with Gasteiger partial charge in [0.05, 0.1) is 44.2 Å². The molecule has 3 rings (SSSR count). The van der Waals surface area contributed by atoms with E-state index in [0.29, 0.717) is 24.9 Å². The van der Waals surface area contributed by atoms with Gasteiger partial charge in [0.1, 0.15) is 78.3 Å². The van der Waals surface area contributed by atoms with Gasteiger partial charge in [-0.2, -0.15) is 50.5 Å². The van der Waals surface area contributed by atoms with E-state index in [1.54, 1.807) is 0 Å². The molecular weight excluding hydrogens is 1530 g/mol. The van der Waals surface area contributed by atoms with Crippen LogP contribution in [0.25, 0.3) is 0 Å². The van der Waals surface area contributed by atoms with Gasteiger partial charge in [-0.25, -0.2) is 9.78 Å². The molecule has 110 heavy (non-hydrogen) atoms. The van der Waals surface area contributed by atoms with Crippen molar-refractivity contribution in [2.45, 2.75) is 163 Å². The Hall–Kier alpha value is -10.2. The monoisotopic (exact) mass is 1630 g/mol. The number of carboxylic acids is 2. The Bertz CT molecular complexity index is 3540. The number of nitrogens with two attached hydrogens (primary N) is 4. The molecule has 1 saturated heterocycles. The van der Waals surface area contributed by atoms with Crippen LogP contribution in [0.5, 0.6) is 5.75 Å². The Balaban J connectivity index is 1.75. The highest BCUT2D eigenvalue weighted by molar-refractivity contribution is 7.80. The number of carbonyl (C=O) groups excluding carboxylic acids is 15. The van der Waals surface area contributed by atoms with Gasteiger partial charge in [-0.3, -0.25) is 82.1 Å². The van der Waals surface area contributed by atoms with Crippen molar-refractivity contribution >= 4 is 157 Å². The Morgan fingerprint density at radius 2 is 1.05 bits per heavy atom. The number of thiol groups is 4. The summed E-state index contributed by atoms with van der Waals surface area (Å²) in [5.41, 5.74) is 22.6. The zero-order chi connectivity index (χ0) is 82.3. The van der Waals surface area contributed by atoms with E-state index in [1.165, 1.54) is 43.7 Å². The van der Waals surface area contributed by atoms with Gasteiger partial charge in [0.25, 0.3) is 0 Å². The predicted molar refractivity (Wildman–Crippen MR) is 403 cm³/mol. The summed E-state index contributed by atoms with van der Waals surface area (Å²) >= 11 is 16.5.